The first-order valence-corrected chi connectivity index (χ1v) is 56.2. The molecule has 9 aromatic rings. The molecule has 0 saturated carbocycles. The summed E-state index contributed by atoms with van der Waals surface area (Å²) >= 11 is 2.75. The minimum absolute atomic E-state index is 0.136. The van der Waals surface area contributed by atoms with Gasteiger partial charge in [0.1, 0.15) is 39.9 Å². The third-order valence-corrected chi connectivity index (χ3v) is 33.3. The zero-order valence-corrected chi connectivity index (χ0v) is 93.3. The standard InChI is InChI=1S/C44H54N2O3S.C39H50N2O6S2.C35H48N2O6S2/c1-10-45-36-24-19-31-28-30(2)18-22-34(31)40(36)43(6,7)38(45)16-15-17-39-44(8,9)41-35-23-21-33(50-49-48-47)29-32(35)20-25-37(41)46(39)27-14-12-11-13-26-42(3,4)5;1-9-40-33-21-17-27-25-29(49(43,44)45)19-20-30(27)36(33)39(7,8)35(40)16-14-15-34-38(5,6)31-26-28(48-47-46-42)18-22-32(31)41(34)24-13-11-10-12-23-37(2,3)4;1-9-36-29-20-18-26(45(39,40)41)24-28(29)35(7,8)31(36)15-14-16-32-34(5,6)27-23-25(44-43-42-38)17-19-30(27)37(32)22-13-11-10-12-21-33(2,3)4/h15-25,28-29H,10-14,26-27H2,1-9H3;14-22,25-26H,9-13,23-24H2,1-8H3,(H-,42,43,44,45);14-20,23-24H,9-13,21-22H2,1-8H3,(H-,38,39,40,41)/p-2. The van der Waals surface area contributed by atoms with Gasteiger partial charge < -0.3 is 39.6 Å². The van der Waals surface area contributed by atoms with Crippen molar-refractivity contribution in [1.29, 1.82) is 0 Å². The third-order valence-electron chi connectivity index (χ3n) is 29.9. The molecule has 0 unspecified atom stereocenters. The molecule has 0 spiro atoms. The number of unbranched alkanes of at least 4 members (excludes halogenated alkanes) is 9. The maximum atomic E-state index is 11.8. The molecule has 144 heavy (non-hydrogen) atoms. The summed E-state index contributed by atoms with van der Waals surface area (Å²) in [5.41, 5.74) is 21.7. The predicted octanol–water partition coefficient (Wildman–Crippen LogP) is 27.2. The van der Waals surface area contributed by atoms with Gasteiger partial charge in [-0.05, 0) is 276 Å². The van der Waals surface area contributed by atoms with Gasteiger partial charge in [0.05, 0.1) is 62.2 Å². The fraction of sp³-hybridized carbons (Fsp3) is 0.466. The molecular weight excluding hydrogens is 1900 g/mol. The average Bonchev–Trinajstić information content (AvgIpc) is 1.56. The number of allylic oxidation sites excluding steroid dienone is 12. The lowest BCUT2D eigenvalue weighted by molar-refractivity contribution is -0.777. The van der Waals surface area contributed by atoms with Gasteiger partial charge in [-0.25, -0.2) is 16.8 Å². The molecular formula is C118H150N6O15S5-2. The quantitative estimate of drug-likeness (QED) is 0.00870. The van der Waals surface area contributed by atoms with E-state index in [2.05, 4.69) is 363 Å². The summed E-state index contributed by atoms with van der Waals surface area (Å²) in [6.45, 7) is 61.4. The summed E-state index contributed by atoms with van der Waals surface area (Å²) in [4.78, 5) is 8.98. The number of likely N-dealkylation sites (N-methyl/N-ethyl adjacent to an activating group) is 3. The first-order valence-electron chi connectivity index (χ1n) is 51.2. The van der Waals surface area contributed by atoms with Crippen LogP contribution in [0.15, 0.2) is 242 Å². The highest BCUT2D eigenvalue weighted by Gasteiger charge is 2.50. The van der Waals surface area contributed by atoms with Crippen LogP contribution in [-0.2, 0) is 80.8 Å². The van der Waals surface area contributed by atoms with E-state index < -0.39 is 25.7 Å². The molecule has 0 radical (unpaired) electrons. The van der Waals surface area contributed by atoms with Crippen molar-refractivity contribution in [3.8, 4) is 0 Å². The lowest BCUT2D eigenvalue weighted by Crippen LogP contribution is -2.28. The first-order chi connectivity index (χ1) is 67.8. The largest absolute Gasteiger partial charge is 0.744 e. The molecule has 15 rings (SSSR count). The molecule has 0 aromatic heterocycles. The van der Waals surface area contributed by atoms with Crippen LogP contribution in [0.5, 0.6) is 0 Å². The molecule has 0 atom stereocenters. The van der Waals surface area contributed by atoms with Gasteiger partial charge in [0.15, 0.2) is 17.1 Å². The highest BCUT2D eigenvalue weighted by molar-refractivity contribution is 7.95. The summed E-state index contributed by atoms with van der Waals surface area (Å²) in [6.07, 6.45) is 38.0. The lowest BCUT2D eigenvalue weighted by atomic mass is 9.79. The second-order valence-electron chi connectivity index (χ2n) is 46.0. The summed E-state index contributed by atoms with van der Waals surface area (Å²) in [5, 5.41) is 48.9. The van der Waals surface area contributed by atoms with Gasteiger partial charge in [0.25, 0.3) is 0 Å². The van der Waals surface area contributed by atoms with Crippen LogP contribution >= 0.6 is 36.1 Å². The van der Waals surface area contributed by atoms with E-state index in [-0.39, 0.29) is 36.9 Å². The number of fused-ring (bicyclic) bond motifs is 12. The Bertz CT molecular complexity index is 6790. The Morgan fingerprint density at radius 3 is 1.08 bits per heavy atom. The Hall–Kier alpha value is -8.88. The average molecular weight is 2050 g/mol. The van der Waals surface area contributed by atoms with Gasteiger partial charge in [-0.15, -0.1) is 0 Å². The van der Waals surface area contributed by atoms with Gasteiger partial charge >= 0.3 is 0 Å². The Labute approximate surface area is 870 Å². The van der Waals surface area contributed by atoms with Crippen molar-refractivity contribution < 1.29 is 83.6 Å². The van der Waals surface area contributed by atoms with Crippen LogP contribution in [0.2, 0.25) is 0 Å². The first kappa shape index (κ1) is 112. The molecule has 0 aliphatic carbocycles. The van der Waals surface area contributed by atoms with Crippen LogP contribution in [-0.4, -0.2) is 96.1 Å². The Balaban J connectivity index is 0.000000181. The fourth-order valence-corrected chi connectivity index (χ4v) is 24.9. The second-order valence-corrected chi connectivity index (χ2v) is 51.1. The normalized spacial score (nSPS) is 17.9. The molecule has 9 aromatic carbocycles. The molecule has 26 heteroatoms. The number of anilines is 3. The van der Waals surface area contributed by atoms with Gasteiger partial charge in [0, 0.05) is 157 Å². The van der Waals surface area contributed by atoms with Crippen LogP contribution in [0, 0.1) is 23.2 Å². The predicted molar refractivity (Wildman–Crippen MR) is 582 cm³/mol. The number of hydrogen-bond donors (Lipinski definition) is 0. The lowest BCUT2D eigenvalue weighted by Gasteiger charge is -2.26. The molecule has 6 heterocycles. The van der Waals surface area contributed by atoms with E-state index in [9.17, 15) is 41.7 Å². The Morgan fingerprint density at radius 1 is 0.340 bits per heavy atom. The van der Waals surface area contributed by atoms with Gasteiger partial charge in [-0.2, -0.15) is 26.7 Å². The zero-order valence-electron chi connectivity index (χ0n) is 89.3. The Morgan fingerprint density at radius 2 is 0.667 bits per heavy atom. The smallest absolute Gasteiger partial charge is 0.210 e. The summed E-state index contributed by atoms with van der Waals surface area (Å²) in [7, 11) is -9.11. The molecule has 21 nitrogen and oxygen atoms in total. The maximum absolute atomic E-state index is 11.8. The van der Waals surface area contributed by atoms with E-state index in [4.69, 9.17) is 0 Å². The third kappa shape index (κ3) is 24.8. The number of rotatable bonds is 38. The summed E-state index contributed by atoms with van der Waals surface area (Å²) in [5.74, 6) is 0. The van der Waals surface area contributed by atoms with Crippen molar-refractivity contribution in [2.75, 3.05) is 54.0 Å². The van der Waals surface area contributed by atoms with Crippen LogP contribution in [0.25, 0.3) is 32.3 Å². The minimum Gasteiger partial charge on any atom is -0.744 e. The van der Waals surface area contributed by atoms with E-state index in [0.29, 0.717) is 22.8 Å². The molecule has 6 aliphatic heterocycles. The van der Waals surface area contributed by atoms with Crippen molar-refractivity contribution in [3.05, 3.63) is 256 Å². The SMILES string of the molecule is CCN1/C(=C/C=C/C2=[N+](CCCCCCC(C)(C)C)c3ccc(SOO[O-])cc3C2(C)C)C(C)(C)c2c1ccc1cc(S(=O)(=O)[O-])ccc21.CCN1/C(=C/C=C/C2=[N+](CCCCCCC(C)(C)C)c3ccc(SOO[O-])cc3C2(C)C)C(C)(C)c2cc(S(=O)(=O)[O-])ccc21.CCN1/C(=C/C=C/C2=[N+](CCCCCCC(C)(C)C)c3ccc4cc(SOO[O-])ccc4c3C2(C)C)C(C)(C)c2c1ccc1cc(C)ccc21. The number of benzene rings is 9. The minimum atomic E-state index is -4.56. The number of nitrogens with zero attached hydrogens (tertiary/aromatic N) is 6. The van der Waals surface area contributed by atoms with Crippen LogP contribution in [0.4, 0.5) is 34.1 Å². The Kier molecular flexibility index (Phi) is 35.6. The van der Waals surface area contributed by atoms with E-state index >= 15 is 0 Å². The second kappa shape index (κ2) is 45.7. The van der Waals surface area contributed by atoms with Gasteiger partial charge in [-0.1, -0.05) is 209 Å². The number of hydrogen-bond acceptors (Lipinski definition) is 21. The molecule has 0 saturated heterocycles. The van der Waals surface area contributed by atoms with Crippen LogP contribution in [0.1, 0.15) is 301 Å². The van der Waals surface area contributed by atoms with Crippen molar-refractivity contribution in [2.24, 2.45) is 16.2 Å². The van der Waals surface area contributed by atoms with E-state index in [1.54, 1.807) is 12.1 Å². The van der Waals surface area contributed by atoms with Crippen LogP contribution in [0.3, 0.4) is 0 Å². The van der Waals surface area contributed by atoms with E-state index in [1.165, 1.54) is 168 Å². The van der Waals surface area contributed by atoms with Gasteiger partial charge in [-0.3, -0.25) is 15.1 Å². The molecule has 774 valence electrons. The molecule has 6 aliphatic rings. The summed E-state index contributed by atoms with van der Waals surface area (Å²) < 4.78 is 91.9. The highest BCUT2D eigenvalue weighted by Crippen LogP contribution is 2.56. The number of aryl methyl sites for hydroxylation is 1. The zero-order chi connectivity index (χ0) is 105. The maximum Gasteiger partial charge on any atom is 0.210 e. The van der Waals surface area contributed by atoms with Crippen molar-refractivity contribution in [3.63, 3.8) is 0 Å². The molecule has 0 N–H and O–H groups in total. The van der Waals surface area contributed by atoms with Crippen molar-refractivity contribution in [1.82, 2.24) is 0 Å². The molecule has 0 fully saturated rings. The topological polar surface area (TPSA) is 258 Å². The monoisotopic (exact) mass is 2050 g/mol. The summed E-state index contributed by atoms with van der Waals surface area (Å²) in [6, 6.07) is 47.6. The van der Waals surface area contributed by atoms with E-state index in [1.807, 2.05) is 30.3 Å². The van der Waals surface area contributed by atoms with E-state index in [0.717, 1.165) is 176 Å². The fourth-order valence-electron chi connectivity index (χ4n) is 22.7. The van der Waals surface area contributed by atoms with Gasteiger partial charge in [0.2, 0.25) is 17.1 Å². The molecule has 0 amide bonds. The van der Waals surface area contributed by atoms with Crippen molar-refractivity contribution >= 4 is 140 Å². The van der Waals surface area contributed by atoms with Crippen LogP contribution < -0.4 is 30.5 Å². The highest BCUT2D eigenvalue weighted by atomic mass is 32.2. The molecule has 0 bridgehead atoms. The van der Waals surface area contributed by atoms with Crippen molar-refractivity contribution in [2.45, 2.75) is 326 Å².